The first-order valence-electron chi connectivity index (χ1n) is 10.1. The van der Waals surface area contributed by atoms with Crippen molar-refractivity contribution in [3.63, 3.8) is 0 Å². The van der Waals surface area contributed by atoms with Crippen molar-refractivity contribution in [2.75, 3.05) is 13.2 Å². The van der Waals surface area contributed by atoms with Crippen LogP contribution < -0.4 is 10.6 Å². The van der Waals surface area contributed by atoms with Crippen LogP contribution in [0.2, 0.25) is 0 Å². The van der Waals surface area contributed by atoms with Gasteiger partial charge in [-0.1, -0.05) is 48.5 Å². The third kappa shape index (κ3) is 4.30. The maximum Gasteiger partial charge on any atom is 0.407 e. The highest BCUT2D eigenvalue weighted by atomic mass is 16.5. The van der Waals surface area contributed by atoms with Crippen molar-refractivity contribution in [3.05, 3.63) is 59.7 Å². The van der Waals surface area contributed by atoms with Gasteiger partial charge in [0.2, 0.25) is 5.91 Å². The summed E-state index contributed by atoms with van der Waals surface area (Å²) in [6.45, 7) is 0.0255. The van der Waals surface area contributed by atoms with Gasteiger partial charge in [-0.3, -0.25) is 9.59 Å². The molecule has 3 N–H and O–H groups in total. The summed E-state index contributed by atoms with van der Waals surface area (Å²) in [5.74, 6) is -1.04. The number of alkyl carbamates (subject to hydrolysis) is 1. The van der Waals surface area contributed by atoms with Crippen LogP contribution in [0.3, 0.4) is 0 Å². The van der Waals surface area contributed by atoms with Crippen molar-refractivity contribution >= 4 is 18.0 Å². The predicted molar refractivity (Wildman–Crippen MR) is 110 cm³/mol. The standard InChI is InChI=1S/C23H24N2O5/c26-21(25-15-9-14(10-15)11-22(27)28)12-24-23(29)30-13-20-18-7-3-1-5-16(18)17-6-2-4-8-19(17)20/h1-8,14-15,20H,9-13H2,(H,24,29)(H,25,26)(H,27,28). The molecule has 156 valence electrons. The minimum atomic E-state index is -0.818. The number of aliphatic carboxylic acids is 1. The van der Waals surface area contributed by atoms with Crippen molar-refractivity contribution in [2.24, 2.45) is 5.92 Å². The highest BCUT2D eigenvalue weighted by Crippen LogP contribution is 2.44. The number of benzene rings is 2. The van der Waals surface area contributed by atoms with Gasteiger partial charge in [-0.15, -0.1) is 0 Å². The lowest BCUT2D eigenvalue weighted by Gasteiger charge is -2.34. The van der Waals surface area contributed by atoms with Gasteiger partial charge in [-0.05, 0) is 41.0 Å². The van der Waals surface area contributed by atoms with Gasteiger partial charge in [-0.2, -0.15) is 0 Å². The number of hydrogen-bond donors (Lipinski definition) is 3. The van der Waals surface area contributed by atoms with Crippen LogP contribution in [0, 0.1) is 5.92 Å². The molecule has 0 aromatic heterocycles. The maximum atomic E-state index is 12.1. The molecule has 7 nitrogen and oxygen atoms in total. The van der Waals surface area contributed by atoms with Crippen molar-refractivity contribution in [1.82, 2.24) is 10.6 Å². The number of amides is 2. The maximum absolute atomic E-state index is 12.1. The Bertz CT molecular complexity index is 922. The average molecular weight is 408 g/mol. The van der Waals surface area contributed by atoms with E-state index >= 15 is 0 Å². The zero-order valence-electron chi connectivity index (χ0n) is 16.5. The van der Waals surface area contributed by atoms with Gasteiger partial charge in [0.25, 0.3) is 0 Å². The number of carboxylic acid groups (broad SMARTS) is 1. The topological polar surface area (TPSA) is 105 Å². The van der Waals surface area contributed by atoms with Gasteiger partial charge in [0.15, 0.2) is 0 Å². The van der Waals surface area contributed by atoms with E-state index in [0.29, 0.717) is 12.8 Å². The lowest BCUT2D eigenvalue weighted by Crippen LogP contribution is -2.48. The van der Waals surface area contributed by atoms with Crippen LogP contribution >= 0.6 is 0 Å². The Balaban J connectivity index is 1.23. The molecule has 2 amide bonds. The molecule has 0 saturated heterocycles. The Morgan fingerprint density at radius 2 is 1.57 bits per heavy atom. The zero-order chi connectivity index (χ0) is 21.1. The lowest BCUT2D eigenvalue weighted by atomic mass is 9.78. The molecule has 0 bridgehead atoms. The first-order chi connectivity index (χ1) is 14.5. The van der Waals surface area contributed by atoms with Crippen molar-refractivity contribution in [1.29, 1.82) is 0 Å². The third-order valence-electron chi connectivity index (χ3n) is 5.80. The molecule has 1 fully saturated rings. The molecule has 7 heteroatoms. The van der Waals surface area contributed by atoms with Crippen LogP contribution in [0.5, 0.6) is 0 Å². The van der Waals surface area contributed by atoms with Gasteiger partial charge in [0, 0.05) is 18.4 Å². The molecule has 0 spiro atoms. The third-order valence-corrected chi connectivity index (χ3v) is 5.80. The van der Waals surface area contributed by atoms with Crippen LogP contribution in [0.1, 0.15) is 36.3 Å². The summed E-state index contributed by atoms with van der Waals surface area (Å²) in [7, 11) is 0. The molecule has 0 atom stereocenters. The summed E-state index contributed by atoms with van der Waals surface area (Å²) in [5, 5.41) is 14.0. The Hall–Kier alpha value is -3.35. The SMILES string of the molecule is O=C(O)CC1CC(NC(=O)CNC(=O)OCC2c3ccccc3-c3ccccc32)C1. The number of rotatable bonds is 7. The number of carbonyl (C=O) groups excluding carboxylic acids is 2. The summed E-state index contributed by atoms with van der Waals surface area (Å²) in [5.41, 5.74) is 4.57. The fraction of sp³-hybridized carbons (Fsp3) is 0.348. The average Bonchev–Trinajstić information content (AvgIpc) is 3.03. The molecule has 1 saturated carbocycles. The molecule has 2 aliphatic carbocycles. The van der Waals surface area contributed by atoms with Gasteiger partial charge >= 0.3 is 12.1 Å². The number of nitrogens with one attached hydrogen (secondary N) is 2. The van der Waals surface area contributed by atoms with Crippen molar-refractivity contribution < 1.29 is 24.2 Å². The summed E-state index contributed by atoms with van der Waals surface area (Å²) in [4.78, 5) is 34.7. The quantitative estimate of drug-likeness (QED) is 0.653. The molecule has 0 heterocycles. The monoisotopic (exact) mass is 408 g/mol. The highest BCUT2D eigenvalue weighted by Gasteiger charge is 2.32. The van der Waals surface area contributed by atoms with E-state index in [0.717, 1.165) is 22.3 Å². The van der Waals surface area contributed by atoms with Crippen molar-refractivity contribution in [3.8, 4) is 11.1 Å². The molecule has 2 aromatic carbocycles. The smallest absolute Gasteiger partial charge is 0.407 e. The Labute approximate surface area is 174 Å². The normalized spacial score (nSPS) is 19.2. The van der Waals surface area contributed by atoms with E-state index in [2.05, 4.69) is 22.8 Å². The van der Waals surface area contributed by atoms with Crippen LogP contribution in [-0.2, 0) is 14.3 Å². The van der Waals surface area contributed by atoms with E-state index in [-0.39, 0.29) is 43.4 Å². The number of hydrogen-bond acceptors (Lipinski definition) is 4. The predicted octanol–water partition coefficient (Wildman–Crippen LogP) is 2.89. The van der Waals surface area contributed by atoms with Crippen LogP contribution in [0.15, 0.2) is 48.5 Å². The Morgan fingerprint density at radius 3 is 2.17 bits per heavy atom. The summed E-state index contributed by atoms with van der Waals surface area (Å²) >= 11 is 0. The van der Waals surface area contributed by atoms with Crippen LogP contribution in [-0.4, -0.2) is 42.3 Å². The molecule has 0 aliphatic heterocycles. The largest absolute Gasteiger partial charge is 0.481 e. The Kier molecular flexibility index (Phi) is 5.70. The molecular formula is C23H24N2O5. The molecular weight excluding hydrogens is 384 g/mol. The first kappa shape index (κ1) is 19.9. The van der Waals surface area contributed by atoms with E-state index in [4.69, 9.17) is 9.84 Å². The van der Waals surface area contributed by atoms with Crippen LogP contribution in [0.25, 0.3) is 11.1 Å². The molecule has 0 radical (unpaired) electrons. The highest BCUT2D eigenvalue weighted by molar-refractivity contribution is 5.83. The first-order valence-corrected chi connectivity index (χ1v) is 10.1. The van der Waals surface area contributed by atoms with Gasteiger partial charge in [-0.25, -0.2) is 4.79 Å². The minimum absolute atomic E-state index is 0.0221. The number of fused-ring (bicyclic) bond motifs is 3. The molecule has 0 unspecified atom stereocenters. The number of carboxylic acids is 1. The lowest BCUT2D eigenvalue weighted by molar-refractivity contribution is -0.139. The molecule has 2 aliphatic rings. The number of carbonyl (C=O) groups is 3. The van der Waals surface area contributed by atoms with Gasteiger partial charge in [0.05, 0.1) is 0 Å². The molecule has 2 aromatic rings. The van der Waals surface area contributed by atoms with Crippen molar-refractivity contribution in [2.45, 2.75) is 31.2 Å². The summed E-state index contributed by atoms with van der Waals surface area (Å²) < 4.78 is 5.40. The van der Waals surface area contributed by atoms with E-state index in [9.17, 15) is 14.4 Å². The second-order valence-corrected chi connectivity index (χ2v) is 7.88. The van der Waals surface area contributed by atoms with E-state index in [1.807, 2.05) is 36.4 Å². The van der Waals surface area contributed by atoms with Crippen LogP contribution in [0.4, 0.5) is 4.79 Å². The van der Waals surface area contributed by atoms with E-state index < -0.39 is 12.1 Å². The minimum Gasteiger partial charge on any atom is -0.481 e. The van der Waals surface area contributed by atoms with Gasteiger partial charge < -0.3 is 20.5 Å². The number of ether oxygens (including phenoxy) is 1. The molecule has 4 rings (SSSR count). The second kappa shape index (κ2) is 8.57. The van der Waals surface area contributed by atoms with E-state index in [1.54, 1.807) is 0 Å². The van der Waals surface area contributed by atoms with E-state index in [1.165, 1.54) is 0 Å². The van der Waals surface area contributed by atoms with Gasteiger partial charge in [0.1, 0.15) is 13.2 Å². The Morgan fingerprint density at radius 1 is 0.967 bits per heavy atom. The fourth-order valence-electron chi connectivity index (χ4n) is 4.35. The zero-order valence-corrected chi connectivity index (χ0v) is 16.5. The summed E-state index contributed by atoms with van der Waals surface area (Å²) in [6, 6.07) is 16.2. The molecule has 30 heavy (non-hydrogen) atoms. The summed E-state index contributed by atoms with van der Waals surface area (Å²) in [6.07, 6.45) is 0.806. The fourth-order valence-corrected chi connectivity index (χ4v) is 4.35. The second-order valence-electron chi connectivity index (χ2n) is 7.88.